The summed E-state index contributed by atoms with van der Waals surface area (Å²) >= 11 is 0. The molecule has 0 aliphatic rings. The number of nitrogens with one attached hydrogen (secondary N) is 3. The van der Waals surface area contributed by atoms with Gasteiger partial charge in [0.25, 0.3) is 12.3 Å². The van der Waals surface area contributed by atoms with Crippen molar-refractivity contribution in [3.8, 4) is 5.88 Å². The Morgan fingerprint density at radius 3 is 2.12 bits per heavy atom. The molecular formula is C29H24F11N7O3. The fraction of sp³-hybridized carbons (Fsp3) is 0.310. The minimum atomic E-state index is -5.13. The van der Waals surface area contributed by atoms with Gasteiger partial charge in [0, 0.05) is 19.3 Å². The fourth-order valence-corrected chi connectivity index (χ4v) is 4.23. The molecule has 0 aliphatic carbocycles. The van der Waals surface area contributed by atoms with Gasteiger partial charge in [0.2, 0.25) is 17.7 Å². The number of fused-ring (bicyclic) bond motifs is 1. The van der Waals surface area contributed by atoms with E-state index in [9.17, 15) is 57.9 Å². The van der Waals surface area contributed by atoms with Gasteiger partial charge in [-0.15, -0.1) is 0 Å². The second-order valence-electron chi connectivity index (χ2n) is 10.8. The summed E-state index contributed by atoms with van der Waals surface area (Å²) in [7, 11) is 1.25. The van der Waals surface area contributed by atoms with Gasteiger partial charge < -0.3 is 26.4 Å². The summed E-state index contributed by atoms with van der Waals surface area (Å²) in [6, 6.07) is 6.58. The van der Waals surface area contributed by atoms with Crippen molar-refractivity contribution in [1.29, 1.82) is 0 Å². The van der Waals surface area contributed by atoms with Gasteiger partial charge in [0.1, 0.15) is 11.1 Å². The van der Waals surface area contributed by atoms with E-state index in [1.54, 1.807) is 0 Å². The molecule has 0 fully saturated rings. The Morgan fingerprint density at radius 1 is 0.920 bits per heavy atom. The van der Waals surface area contributed by atoms with Crippen molar-refractivity contribution in [2.75, 3.05) is 17.2 Å². The SMILES string of the molecule is Cn1c(Nc2cc(CNC(=O)C(C)(N)C(F)(F)F)ccc2C(F)(F)F)nc2cc(C(=O)Nc3ccc(C(F)(F)F)cc3)c(OCC(F)F)nc21. The zero-order chi connectivity index (χ0) is 37.4. The van der Waals surface area contributed by atoms with Gasteiger partial charge in [0.05, 0.1) is 16.8 Å². The summed E-state index contributed by atoms with van der Waals surface area (Å²) in [5, 5.41) is 6.60. The maximum absolute atomic E-state index is 13.9. The number of rotatable bonds is 10. The highest BCUT2D eigenvalue weighted by atomic mass is 19.4. The first kappa shape index (κ1) is 37.6. The standard InChI is InChI=1S/C29H24F11N7O3/c1-26(41,29(38,39)40)24(49)42-11-13-3-8-17(28(35,36)37)18(9-13)44-25-45-19-10-16(23(50-12-20(30)31)46-21(19)47(25)2)22(48)43-15-6-4-14(5-7-15)27(32,33)34/h3-10,20H,11-12,41H2,1-2H3,(H,42,49)(H,43,48)(H,44,45). The van der Waals surface area contributed by atoms with E-state index in [4.69, 9.17) is 10.5 Å². The first-order valence-electron chi connectivity index (χ1n) is 13.9. The fourth-order valence-electron chi connectivity index (χ4n) is 4.23. The number of aromatic nitrogens is 3. The summed E-state index contributed by atoms with van der Waals surface area (Å²) in [4.78, 5) is 33.3. The predicted octanol–water partition coefficient (Wildman–Crippen LogP) is 6.54. The molecule has 0 saturated carbocycles. The van der Waals surface area contributed by atoms with E-state index in [0.29, 0.717) is 25.1 Å². The molecule has 21 heteroatoms. The van der Waals surface area contributed by atoms with Crippen molar-refractivity contribution < 1.29 is 62.6 Å². The predicted molar refractivity (Wildman–Crippen MR) is 155 cm³/mol. The van der Waals surface area contributed by atoms with E-state index < -0.39 is 83.7 Å². The van der Waals surface area contributed by atoms with Gasteiger partial charge in [-0.2, -0.15) is 44.5 Å². The maximum atomic E-state index is 13.9. The average Bonchev–Trinajstić information content (AvgIpc) is 3.30. The van der Waals surface area contributed by atoms with E-state index in [0.717, 1.165) is 34.9 Å². The number of pyridine rings is 1. The van der Waals surface area contributed by atoms with Crippen LogP contribution in [0.2, 0.25) is 0 Å². The lowest BCUT2D eigenvalue weighted by Gasteiger charge is -2.26. The van der Waals surface area contributed by atoms with E-state index in [-0.39, 0.29) is 28.4 Å². The van der Waals surface area contributed by atoms with Crippen molar-refractivity contribution in [2.24, 2.45) is 12.8 Å². The lowest BCUT2D eigenvalue weighted by Crippen LogP contribution is -2.61. The number of imidazole rings is 1. The largest absolute Gasteiger partial charge is 0.471 e. The number of ether oxygens (including phenoxy) is 1. The molecule has 2 amide bonds. The van der Waals surface area contributed by atoms with Gasteiger partial charge in [0.15, 0.2) is 17.8 Å². The molecule has 270 valence electrons. The van der Waals surface area contributed by atoms with Crippen LogP contribution in [0.25, 0.3) is 11.2 Å². The number of aryl methyl sites for hydroxylation is 1. The smallest absolute Gasteiger partial charge is 0.418 e. The maximum Gasteiger partial charge on any atom is 0.418 e. The first-order valence-corrected chi connectivity index (χ1v) is 13.9. The van der Waals surface area contributed by atoms with E-state index in [2.05, 4.69) is 20.6 Å². The number of benzene rings is 2. The number of nitrogens with zero attached hydrogens (tertiary/aromatic N) is 3. The highest BCUT2D eigenvalue weighted by molar-refractivity contribution is 6.07. The molecule has 0 radical (unpaired) electrons. The molecule has 0 saturated heterocycles. The Morgan fingerprint density at radius 2 is 1.56 bits per heavy atom. The summed E-state index contributed by atoms with van der Waals surface area (Å²) < 4.78 is 152. The zero-order valence-electron chi connectivity index (χ0n) is 25.4. The van der Waals surface area contributed by atoms with Crippen LogP contribution in [0, 0.1) is 0 Å². The highest BCUT2D eigenvalue weighted by Gasteiger charge is 2.53. The Labute approximate surface area is 273 Å². The number of halogens is 11. The van der Waals surface area contributed by atoms with Gasteiger partial charge >= 0.3 is 18.5 Å². The third-order valence-electron chi connectivity index (χ3n) is 7.02. The number of anilines is 3. The van der Waals surface area contributed by atoms with Crippen LogP contribution >= 0.6 is 0 Å². The summed E-state index contributed by atoms with van der Waals surface area (Å²) in [5.41, 5.74) is -2.27. The molecule has 1 atom stereocenters. The number of alkyl halides is 11. The van der Waals surface area contributed by atoms with Crippen LogP contribution in [0.15, 0.2) is 48.5 Å². The molecule has 2 heterocycles. The van der Waals surface area contributed by atoms with Gasteiger partial charge in [-0.05, 0) is 55.0 Å². The molecule has 50 heavy (non-hydrogen) atoms. The summed E-state index contributed by atoms with van der Waals surface area (Å²) in [5.74, 6) is -3.75. The van der Waals surface area contributed by atoms with Crippen LogP contribution in [0.5, 0.6) is 5.88 Å². The van der Waals surface area contributed by atoms with Crippen LogP contribution < -0.4 is 26.4 Å². The molecule has 5 N–H and O–H groups in total. The summed E-state index contributed by atoms with van der Waals surface area (Å²) in [6.07, 6.45) is -17.8. The first-order chi connectivity index (χ1) is 23.0. The third-order valence-corrected chi connectivity index (χ3v) is 7.02. The van der Waals surface area contributed by atoms with Crippen LogP contribution in [0.4, 0.5) is 65.6 Å². The second kappa shape index (κ2) is 13.6. The van der Waals surface area contributed by atoms with Crippen molar-refractivity contribution in [3.05, 3.63) is 70.8 Å². The second-order valence-corrected chi connectivity index (χ2v) is 10.8. The number of hydrogen-bond donors (Lipinski definition) is 4. The van der Waals surface area contributed by atoms with E-state index in [1.165, 1.54) is 7.05 Å². The monoisotopic (exact) mass is 727 g/mol. The van der Waals surface area contributed by atoms with Crippen LogP contribution in [-0.2, 0) is 30.7 Å². The Balaban J connectivity index is 1.69. The van der Waals surface area contributed by atoms with Gasteiger partial charge in [-0.1, -0.05) is 6.07 Å². The van der Waals surface area contributed by atoms with Crippen molar-refractivity contribution in [3.63, 3.8) is 0 Å². The Hall–Kier alpha value is -5.21. The zero-order valence-corrected chi connectivity index (χ0v) is 25.4. The molecule has 0 aliphatic heterocycles. The summed E-state index contributed by atoms with van der Waals surface area (Å²) in [6.45, 7) is -1.50. The van der Waals surface area contributed by atoms with E-state index >= 15 is 0 Å². The van der Waals surface area contributed by atoms with Crippen LogP contribution in [-0.4, -0.2) is 51.1 Å². The Bertz CT molecular complexity index is 1890. The van der Waals surface area contributed by atoms with Gasteiger partial charge in [-0.25, -0.2) is 13.8 Å². The minimum absolute atomic E-state index is 0.0892. The number of carbonyl (C=O) groups is 2. The molecule has 4 rings (SSSR count). The molecule has 0 bridgehead atoms. The number of amides is 2. The number of carbonyl (C=O) groups excluding carboxylic acids is 2. The average molecular weight is 728 g/mol. The van der Waals surface area contributed by atoms with Gasteiger partial charge in [-0.3, -0.25) is 14.2 Å². The van der Waals surface area contributed by atoms with Crippen molar-refractivity contribution in [1.82, 2.24) is 19.9 Å². The van der Waals surface area contributed by atoms with Crippen molar-refractivity contribution >= 4 is 40.3 Å². The van der Waals surface area contributed by atoms with E-state index in [1.807, 2.05) is 5.32 Å². The number of nitrogens with two attached hydrogens (primary N) is 1. The lowest BCUT2D eigenvalue weighted by molar-refractivity contribution is -0.187. The van der Waals surface area contributed by atoms with Crippen LogP contribution in [0.3, 0.4) is 0 Å². The topological polar surface area (TPSA) is 136 Å². The molecule has 0 spiro atoms. The lowest BCUT2D eigenvalue weighted by atomic mass is 10.0. The minimum Gasteiger partial charge on any atom is -0.471 e. The molecule has 4 aromatic rings. The molecular weight excluding hydrogens is 703 g/mol. The highest BCUT2D eigenvalue weighted by Crippen LogP contribution is 2.37. The molecule has 1 unspecified atom stereocenters. The molecule has 2 aromatic heterocycles. The quantitative estimate of drug-likeness (QED) is 0.136. The Kier molecular flexibility index (Phi) is 10.2. The molecule has 10 nitrogen and oxygen atoms in total. The number of hydrogen-bond acceptors (Lipinski definition) is 7. The normalized spacial score (nSPS) is 13.7. The molecule has 2 aromatic carbocycles. The van der Waals surface area contributed by atoms with Crippen molar-refractivity contribution in [2.45, 2.75) is 44.0 Å². The van der Waals surface area contributed by atoms with Crippen LogP contribution in [0.1, 0.15) is 34.0 Å². The third kappa shape index (κ3) is 8.32.